The van der Waals surface area contributed by atoms with Crippen LogP contribution in [-0.2, 0) is 4.79 Å². The summed E-state index contributed by atoms with van der Waals surface area (Å²) in [5.41, 5.74) is 0.745. The lowest BCUT2D eigenvalue weighted by Crippen LogP contribution is -2.17. The normalized spacial score (nSPS) is 18.9. The molecule has 0 spiro atoms. The van der Waals surface area contributed by atoms with Crippen LogP contribution >= 0.6 is 24.0 Å². The highest BCUT2D eigenvalue weighted by Crippen LogP contribution is 2.39. The quantitative estimate of drug-likeness (QED) is 0.664. The summed E-state index contributed by atoms with van der Waals surface area (Å²) in [5.74, 6) is 1.69. The molecule has 3 rings (SSSR count). The number of benzene rings is 1. The van der Waals surface area contributed by atoms with Crippen LogP contribution in [-0.4, -0.2) is 24.1 Å². The Kier molecular flexibility index (Phi) is 3.08. The van der Waals surface area contributed by atoms with Crippen LogP contribution in [0.2, 0.25) is 0 Å². The number of hydrogen-bond acceptors (Lipinski definition) is 6. The van der Waals surface area contributed by atoms with Gasteiger partial charge in [-0.3, -0.25) is 4.79 Å². The second-order valence-corrected chi connectivity index (χ2v) is 5.52. The summed E-state index contributed by atoms with van der Waals surface area (Å²) in [6, 6.07) is 3.52. The van der Waals surface area contributed by atoms with E-state index >= 15 is 0 Å². The number of nitrogens with one attached hydrogen (secondary N) is 1. The molecule has 2 aliphatic rings. The number of hydrogen-bond donors (Lipinski definition) is 1. The van der Waals surface area contributed by atoms with Gasteiger partial charge in [-0.25, -0.2) is 0 Å². The molecular weight excluding hydrogens is 286 g/mol. The molecule has 0 aromatic heterocycles. The predicted octanol–water partition coefficient (Wildman–Crippen LogP) is 1.91. The van der Waals surface area contributed by atoms with Gasteiger partial charge in [0.2, 0.25) is 6.79 Å². The summed E-state index contributed by atoms with van der Waals surface area (Å²) in [5, 5.41) is 2.57. The molecule has 0 atom stereocenters. The first-order valence-corrected chi connectivity index (χ1v) is 6.62. The second-order valence-electron chi connectivity index (χ2n) is 3.80. The largest absolute Gasteiger partial charge is 0.496 e. The van der Waals surface area contributed by atoms with Crippen LogP contribution in [0.5, 0.6) is 17.2 Å². The maximum Gasteiger partial charge on any atom is 0.263 e. The first kappa shape index (κ1) is 12.3. The van der Waals surface area contributed by atoms with Crippen molar-refractivity contribution in [1.29, 1.82) is 0 Å². The smallest absolute Gasteiger partial charge is 0.263 e. The fraction of sp³-hybridized carbons (Fsp3) is 0.167. The Morgan fingerprint density at radius 2 is 2.16 bits per heavy atom. The van der Waals surface area contributed by atoms with Gasteiger partial charge in [-0.05, 0) is 12.1 Å². The van der Waals surface area contributed by atoms with E-state index < -0.39 is 0 Å². The summed E-state index contributed by atoms with van der Waals surface area (Å²) >= 11 is 6.17. The minimum Gasteiger partial charge on any atom is -0.496 e. The van der Waals surface area contributed by atoms with Gasteiger partial charge in [0, 0.05) is 11.6 Å². The lowest BCUT2D eigenvalue weighted by molar-refractivity contribution is -0.115. The summed E-state index contributed by atoms with van der Waals surface area (Å²) in [4.78, 5) is 12.2. The van der Waals surface area contributed by atoms with Gasteiger partial charge < -0.3 is 19.5 Å². The molecule has 98 valence electrons. The Hall–Kier alpha value is -1.73. The van der Waals surface area contributed by atoms with Crippen molar-refractivity contribution >= 4 is 40.3 Å². The van der Waals surface area contributed by atoms with Crippen LogP contribution in [0.15, 0.2) is 17.0 Å². The third kappa shape index (κ3) is 2.26. The Labute approximate surface area is 118 Å². The van der Waals surface area contributed by atoms with Gasteiger partial charge >= 0.3 is 0 Å². The topological polar surface area (TPSA) is 56.8 Å². The molecule has 0 bridgehead atoms. The highest BCUT2D eigenvalue weighted by Gasteiger charge is 2.24. The van der Waals surface area contributed by atoms with Gasteiger partial charge in [-0.15, -0.1) is 0 Å². The van der Waals surface area contributed by atoms with Gasteiger partial charge in [0.25, 0.3) is 5.91 Å². The molecule has 1 amide bonds. The summed E-state index contributed by atoms with van der Waals surface area (Å²) in [7, 11) is 1.56. The number of thiocarbonyl (C=S) groups is 1. The Balaban J connectivity index is 2.03. The molecule has 19 heavy (non-hydrogen) atoms. The summed E-state index contributed by atoms with van der Waals surface area (Å²) < 4.78 is 16.3. The van der Waals surface area contributed by atoms with E-state index in [-0.39, 0.29) is 12.7 Å². The fourth-order valence-electron chi connectivity index (χ4n) is 1.79. The second kappa shape index (κ2) is 4.75. The van der Waals surface area contributed by atoms with E-state index in [1.165, 1.54) is 11.8 Å². The van der Waals surface area contributed by atoms with Crippen LogP contribution in [0.1, 0.15) is 5.56 Å². The van der Waals surface area contributed by atoms with Gasteiger partial charge in [-0.2, -0.15) is 0 Å². The van der Waals surface area contributed by atoms with Gasteiger partial charge in [0.1, 0.15) is 10.1 Å². The lowest BCUT2D eigenvalue weighted by atomic mass is 10.1. The molecule has 5 nitrogen and oxygen atoms in total. The number of methoxy groups -OCH3 is 1. The SMILES string of the molecule is COc1cc2c(cc1/C=C1\SC(=S)NC1=O)OCO2. The minimum absolute atomic E-state index is 0.192. The third-order valence-electron chi connectivity index (χ3n) is 2.65. The molecule has 1 fully saturated rings. The van der Waals surface area contributed by atoms with Gasteiger partial charge in [0.05, 0.1) is 12.0 Å². The average Bonchev–Trinajstić information content (AvgIpc) is 2.95. The van der Waals surface area contributed by atoms with Crippen LogP contribution in [0, 0.1) is 0 Å². The van der Waals surface area contributed by atoms with Crippen molar-refractivity contribution in [2.75, 3.05) is 13.9 Å². The zero-order valence-electron chi connectivity index (χ0n) is 9.89. The van der Waals surface area contributed by atoms with Gasteiger partial charge in [0.15, 0.2) is 11.5 Å². The van der Waals surface area contributed by atoms with E-state index in [1.807, 2.05) is 0 Å². The van der Waals surface area contributed by atoms with Crippen LogP contribution in [0.3, 0.4) is 0 Å². The first-order chi connectivity index (χ1) is 9.17. The zero-order chi connectivity index (χ0) is 13.4. The van der Waals surface area contributed by atoms with E-state index in [9.17, 15) is 4.79 Å². The molecule has 1 aromatic rings. The molecule has 7 heteroatoms. The number of thioether (sulfide) groups is 1. The molecule has 2 heterocycles. The van der Waals surface area contributed by atoms with E-state index in [1.54, 1.807) is 25.3 Å². The van der Waals surface area contributed by atoms with E-state index in [0.29, 0.717) is 26.5 Å². The number of amides is 1. The Morgan fingerprint density at radius 1 is 1.42 bits per heavy atom. The van der Waals surface area contributed by atoms with Crippen molar-refractivity contribution in [1.82, 2.24) is 5.32 Å². The predicted molar refractivity (Wildman–Crippen MR) is 75.4 cm³/mol. The molecule has 0 saturated carbocycles. The highest BCUT2D eigenvalue weighted by atomic mass is 32.2. The van der Waals surface area contributed by atoms with E-state index in [0.717, 1.165) is 5.56 Å². The van der Waals surface area contributed by atoms with Crippen molar-refractivity contribution in [3.8, 4) is 17.2 Å². The summed E-state index contributed by atoms with van der Waals surface area (Å²) in [6.07, 6.45) is 1.72. The first-order valence-electron chi connectivity index (χ1n) is 5.40. The lowest BCUT2D eigenvalue weighted by Gasteiger charge is -2.06. The van der Waals surface area contributed by atoms with Crippen molar-refractivity contribution in [2.45, 2.75) is 0 Å². The molecule has 2 aliphatic heterocycles. The number of rotatable bonds is 2. The maximum atomic E-state index is 11.6. The number of carbonyl (C=O) groups excluding carboxylic acids is 1. The minimum atomic E-state index is -0.199. The Bertz CT molecular complexity index is 612. The molecule has 0 unspecified atom stereocenters. The highest BCUT2D eigenvalue weighted by molar-refractivity contribution is 8.26. The van der Waals surface area contributed by atoms with Crippen molar-refractivity contribution in [3.05, 3.63) is 22.6 Å². The summed E-state index contributed by atoms with van der Waals surface area (Å²) in [6.45, 7) is 0.192. The van der Waals surface area contributed by atoms with Crippen molar-refractivity contribution in [2.24, 2.45) is 0 Å². The molecule has 1 aromatic carbocycles. The number of ether oxygens (including phenoxy) is 3. The van der Waals surface area contributed by atoms with Gasteiger partial charge in [-0.1, -0.05) is 24.0 Å². The molecule has 1 N–H and O–H groups in total. The standard InChI is InChI=1S/C12H9NO4S2/c1-15-7-4-9-8(16-5-17-9)2-6(7)3-10-11(14)13-12(18)19-10/h2-4H,5H2,1H3,(H,13,14,18)/b10-3-. The fourth-order valence-corrected chi connectivity index (χ4v) is 2.83. The monoisotopic (exact) mass is 295 g/mol. The zero-order valence-corrected chi connectivity index (χ0v) is 11.5. The average molecular weight is 295 g/mol. The number of carbonyl (C=O) groups is 1. The van der Waals surface area contributed by atoms with Crippen LogP contribution in [0.25, 0.3) is 6.08 Å². The third-order valence-corrected chi connectivity index (χ3v) is 3.82. The Morgan fingerprint density at radius 3 is 2.79 bits per heavy atom. The molecule has 1 saturated heterocycles. The van der Waals surface area contributed by atoms with Crippen molar-refractivity contribution < 1.29 is 19.0 Å². The van der Waals surface area contributed by atoms with E-state index in [4.69, 9.17) is 26.4 Å². The molecular formula is C12H9NO4S2. The van der Waals surface area contributed by atoms with Crippen LogP contribution < -0.4 is 19.5 Å². The van der Waals surface area contributed by atoms with Crippen LogP contribution in [0.4, 0.5) is 0 Å². The molecule has 0 aliphatic carbocycles. The maximum absolute atomic E-state index is 11.6. The molecule has 0 radical (unpaired) electrons. The number of fused-ring (bicyclic) bond motifs is 1. The van der Waals surface area contributed by atoms with E-state index in [2.05, 4.69) is 5.32 Å². The van der Waals surface area contributed by atoms with Crippen molar-refractivity contribution in [3.63, 3.8) is 0 Å².